The Labute approximate surface area is 111 Å². The molecule has 0 amide bonds. The van der Waals surface area contributed by atoms with Crippen LogP contribution in [0.5, 0.6) is 5.75 Å². The second-order valence-corrected chi connectivity index (χ2v) is 4.59. The first-order valence-electron chi connectivity index (χ1n) is 6.46. The van der Waals surface area contributed by atoms with E-state index < -0.39 is 16.4 Å². The molecule has 0 saturated carbocycles. The van der Waals surface area contributed by atoms with Crippen LogP contribution in [0, 0.1) is 15.9 Å². The molecule has 0 radical (unpaired) electrons. The van der Waals surface area contributed by atoms with E-state index in [1.54, 1.807) is 0 Å². The normalized spacial score (nSPS) is 16.3. The van der Waals surface area contributed by atoms with Gasteiger partial charge in [0.15, 0.2) is 5.75 Å². The highest BCUT2D eigenvalue weighted by Gasteiger charge is 2.21. The molecule has 0 atom stereocenters. The number of nitro groups is 1. The zero-order valence-electron chi connectivity index (χ0n) is 10.7. The first-order chi connectivity index (χ1) is 9.18. The number of ether oxygens (including phenoxy) is 1. The van der Waals surface area contributed by atoms with Crippen LogP contribution in [0.25, 0.3) is 0 Å². The van der Waals surface area contributed by atoms with Crippen molar-refractivity contribution in [3.8, 4) is 5.75 Å². The Morgan fingerprint density at radius 3 is 2.74 bits per heavy atom. The van der Waals surface area contributed by atoms with Crippen LogP contribution in [0.1, 0.15) is 19.3 Å². The lowest BCUT2D eigenvalue weighted by atomic mass is 10.1. The van der Waals surface area contributed by atoms with Crippen LogP contribution in [0.4, 0.5) is 10.1 Å². The largest absolute Gasteiger partial charge is 0.485 e. The molecule has 104 valence electrons. The quantitative estimate of drug-likeness (QED) is 0.608. The minimum atomic E-state index is -0.861. The monoisotopic (exact) mass is 268 g/mol. The molecule has 1 aromatic carbocycles. The molecule has 1 saturated heterocycles. The van der Waals surface area contributed by atoms with Gasteiger partial charge in [-0.1, -0.05) is 12.5 Å². The van der Waals surface area contributed by atoms with E-state index in [4.69, 9.17) is 4.74 Å². The summed E-state index contributed by atoms with van der Waals surface area (Å²) in [5.74, 6) is -0.859. The minimum Gasteiger partial charge on any atom is -0.485 e. The molecule has 0 N–H and O–H groups in total. The molecule has 1 fully saturated rings. The van der Waals surface area contributed by atoms with Crippen molar-refractivity contribution in [3.05, 3.63) is 34.1 Å². The summed E-state index contributed by atoms with van der Waals surface area (Å²) in [6.45, 7) is 3.13. The fourth-order valence-electron chi connectivity index (χ4n) is 2.26. The van der Waals surface area contributed by atoms with Gasteiger partial charge in [-0.15, -0.1) is 0 Å². The first-order valence-corrected chi connectivity index (χ1v) is 6.46. The van der Waals surface area contributed by atoms with Crippen molar-refractivity contribution in [1.82, 2.24) is 4.90 Å². The Balaban J connectivity index is 1.92. The fourth-order valence-corrected chi connectivity index (χ4v) is 2.26. The summed E-state index contributed by atoms with van der Waals surface area (Å²) >= 11 is 0. The van der Waals surface area contributed by atoms with Crippen LogP contribution < -0.4 is 4.74 Å². The van der Waals surface area contributed by atoms with E-state index in [0.717, 1.165) is 19.2 Å². The molecule has 1 aliphatic heterocycles. The highest BCUT2D eigenvalue weighted by Crippen LogP contribution is 2.29. The van der Waals surface area contributed by atoms with E-state index in [2.05, 4.69) is 4.90 Å². The number of nitro benzene ring substituents is 1. The van der Waals surface area contributed by atoms with Gasteiger partial charge in [-0.2, -0.15) is 4.39 Å². The maximum absolute atomic E-state index is 13.4. The third-order valence-corrected chi connectivity index (χ3v) is 3.25. The predicted molar refractivity (Wildman–Crippen MR) is 68.8 cm³/mol. The first kappa shape index (κ1) is 13.7. The lowest BCUT2D eigenvalue weighted by molar-refractivity contribution is -0.388. The van der Waals surface area contributed by atoms with Crippen molar-refractivity contribution < 1.29 is 14.1 Å². The number of nitrogens with zero attached hydrogens (tertiary/aromatic N) is 2. The molecule has 19 heavy (non-hydrogen) atoms. The van der Waals surface area contributed by atoms with E-state index in [0.29, 0.717) is 13.2 Å². The fraction of sp³-hybridized carbons (Fsp3) is 0.538. The number of rotatable bonds is 5. The topological polar surface area (TPSA) is 55.6 Å². The number of halogens is 1. The minimum absolute atomic E-state index is 0.00186. The van der Waals surface area contributed by atoms with Crippen molar-refractivity contribution in [2.45, 2.75) is 19.3 Å². The maximum atomic E-state index is 13.4. The van der Waals surface area contributed by atoms with Crippen molar-refractivity contribution >= 4 is 5.69 Å². The van der Waals surface area contributed by atoms with Crippen LogP contribution in [0.2, 0.25) is 0 Å². The molecule has 2 rings (SSSR count). The Morgan fingerprint density at radius 1 is 1.32 bits per heavy atom. The van der Waals surface area contributed by atoms with Gasteiger partial charge in [0.25, 0.3) is 0 Å². The SMILES string of the molecule is O=[N+]([O-])c1c(F)cccc1OCCN1CCCCC1. The van der Waals surface area contributed by atoms with Crippen LogP contribution in [-0.4, -0.2) is 36.1 Å². The predicted octanol–water partition coefficient (Wildman–Crippen LogP) is 2.60. The summed E-state index contributed by atoms with van der Waals surface area (Å²) in [5.41, 5.74) is -0.582. The summed E-state index contributed by atoms with van der Waals surface area (Å²) in [7, 11) is 0. The average Bonchev–Trinajstić information content (AvgIpc) is 2.39. The Bertz CT molecular complexity index is 448. The number of hydrogen-bond acceptors (Lipinski definition) is 4. The second-order valence-electron chi connectivity index (χ2n) is 4.59. The average molecular weight is 268 g/mol. The molecule has 6 heteroatoms. The van der Waals surface area contributed by atoms with Crippen LogP contribution in [0.3, 0.4) is 0 Å². The molecule has 5 nitrogen and oxygen atoms in total. The van der Waals surface area contributed by atoms with Crippen molar-refractivity contribution in [3.63, 3.8) is 0 Å². The number of para-hydroxylation sites is 1. The Kier molecular flexibility index (Phi) is 4.68. The molecule has 0 bridgehead atoms. The maximum Gasteiger partial charge on any atom is 0.346 e. The molecular formula is C13H17FN2O3. The summed E-state index contributed by atoms with van der Waals surface area (Å²) in [6.07, 6.45) is 3.62. The van der Waals surface area contributed by atoms with E-state index in [1.165, 1.54) is 31.4 Å². The van der Waals surface area contributed by atoms with Gasteiger partial charge in [-0.25, -0.2) is 0 Å². The summed E-state index contributed by atoms with van der Waals surface area (Å²) in [4.78, 5) is 12.3. The van der Waals surface area contributed by atoms with Crippen molar-refractivity contribution in [2.75, 3.05) is 26.2 Å². The zero-order valence-corrected chi connectivity index (χ0v) is 10.7. The Hall–Kier alpha value is -1.69. The smallest absolute Gasteiger partial charge is 0.346 e. The van der Waals surface area contributed by atoms with Gasteiger partial charge in [-0.3, -0.25) is 15.0 Å². The molecule has 0 unspecified atom stereocenters. The van der Waals surface area contributed by atoms with Crippen LogP contribution in [-0.2, 0) is 0 Å². The number of piperidine rings is 1. The molecule has 0 aliphatic carbocycles. The molecule has 1 aliphatic rings. The zero-order chi connectivity index (χ0) is 13.7. The van der Waals surface area contributed by atoms with Gasteiger partial charge in [0.05, 0.1) is 4.92 Å². The van der Waals surface area contributed by atoms with Gasteiger partial charge in [0.1, 0.15) is 6.61 Å². The number of likely N-dealkylation sites (tertiary alicyclic amines) is 1. The van der Waals surface area contributed by atoms with E-state index in [-0.39, 0.29) is 5.75 Å². The third-order valence-electron chi connectivity index (χ3n) is 3.25. The highest BCUT2D eigenvalue weighted by molar-refractivity contribution is 5.47. The van der Waals surface area contributed by atoms with Crippen molar-refractivity contribution in [2.24, 2.45) is 0 Å². The van der Waals surface area contributed by atoms with Gasteiger partial charge in [-0.05, 0) is 38.1 Å². The summed E-state index contributed by atoms with van der Waals surface area (Å²) in [5, 5.41) is 10.8. The summed E-state index contributed by atoms with van der Waals surface area (Å²) in [6, 6.07) is 3.91. The lowest BCUT2D eigenvalue weighted by Gasteiger charge is -2.26. The molecular weight excluding hydrogens is 251 g/mol. The second kappa shape index (κ2) is 6.47. The van der Waals surface area contributed by atoms with Crippen LogP contribution in [0.15, 0.2) is 18.2 Å². The van der Waals surface area contributed by atoms with Gasteiger partial charge in [0.2, 0.25) is 5.82 Å². The standard InChI is InChI=1S/C13H17FN2O3/c14-11-5-4-6-12(13(11)16(17)18)19-10-9-15-7-2-1-3-8-15/h4-6H,1-3,7-10H2. The van der Waals surface area contributed by atoms with E-state index in [1.807, 2.05) is 0 Å². The van der Waals surface area contributed by atoms with E-state index >= 15 is 0 Å². The van der Waals surface area contributed by atoms with Gasteiger partial charge >= 0.3 is 5.69 Å². The Morgan fingerprint density at radius 2 is 2.05 bits per heavy atom. The summed E-state index contributed by atoms with van der Waals surface area (Å²) < 4.78 is 18.7. The number of hydrogen-bond donors (Lipinski definition) is 0. The molecule has 1 aromatic rings. The molecule has 1 heterocycles. The number of benzene rings is 1. The lowest BCUT2D eigenvalue weighted by Crippen LogP contribution is -2.33. The highest BCUT2D eigenvalue weighted by atomic mass is 19.1. The van der Waals surface area contributed by atoms with Gasteiger partial charge in [0, 0.05) is 6.54 Å². The molecule has 0 aromatic heterocycles. The third kappa shape index (κ3) is 3.64. The van der Waals surface area contributed by atoms with E-state index in [9.17, 15) is 14.5 Å². The molecule has 0 spiro atoms. The van der Waals surface area contributed by atoms with Crippen molar-refractivity contribution in [1.29, 1.82) is 0 Å². The van der Waals surface area contributed by atoms with Crippen LogP contribution >= 0.6 is 0 Å². The van der Waals surface area contributed by atoms with Gasteiger partial charge < -0.3 is 4.74 Å².